The number of nitrogen functional groups attached to an aromatic ring is 1. The molecule has 0 unspecified atom stereocenters. The Kier molecular flexibility index (Phi) is 4.64. The van der Waals surface area contributed by atoms with Gasteiger partial charge in [0.2, 0.25) is 10.0 Å². The Morgan fingerprint density at radius 2 is 1.95 bits per heavy atom. The van der Waals surface area contributed by atoms with E-state index in [-0.39, 0.29) is 10.7 Å². The van der Waals surface area contributed by atoms with Crippen LogP contribution >= 0.6 is 0 Å². The van der Waals surface area contributed by atoms with Crippen molar-refractivity contribution in [3.05, 3.63) is 42.1 Å². The van der Waals surface area contributed by atoms with E-state index >= 15 is 0 Å². The molecule has 1 aromatic carbocycles. The molecule has 1 heterocycles. The third-order valence-corrected chi connectivity index (χ3v) is 5.28. The Bertz CT molecular complexity index is 695. The van der Waals surface area contributed by atoms with Crippen LogP contribution in [0.5, 0.6) is 0 Å². The van der Waals surface area contributed by atoms with E-state index in [9.17, 15) is 8.42 Å². The van der Waals surface area contributed by atoms with E-state index in [0.717, 1.165) is 5.56 Å². The molecule has 114 valence electrons. The van der Waals surface area contributed by atoms with Gasteiger partial charge < -0.3 is 5.73 Å². The molecule has 0 atom stereocenters. The minimum atomic E-state index is -3.61. The summed E-state index contributed by atoms with van der Waals surface area (Å²) in [6, 6.07) is 9.80. The van der Waals surface area contributed by atoms with E-state index < -0.39 is 10.0 Å². The van der Waals surface area contributed by atoms with Crippen LogP contribution < -0.4 is 5.73 Å². The number of rotatable bonds is 6. The zero-order valence-electron chi connectivity index (χ0n) is 12.2. The fourth-order valence-electron chi connectivity index (χ4n) is 2.17. The molecule has 7 heteroatoms. The van der Waals surface area contributed by atoms with Gasteiger partial charge in [-0.3, -0.25) is 4.68 Å². The third-order valence-electron chi connectivity index (χ3n) is 3.29. The summed E-state index contributed by atoms with van der Waals surface area (Å²) < 4.78 is 28.1. The Hall–Kier alpha value is -1.86. The molecule has 0 amide bonds. The number of sulfonamides is 1. The highest BCUT2D eigenvalue weighted by molar-refractivity contribution is 7.89. The molecule has 21 heavy (non-hydrogen) atoms. The average Bonchev–Trinajstić information content (AvgIpc) is 2.80. The summed E-state index contributed by atoms with van der Waals surface area (Å²) in [6.07, 6.45) is 2.10. The second-order valence-corrected chi connectivity index (χ2v) is 6.69. The summed E-state index contributed by atoms with van der Waals surface area (Å²) in [6.45, 7) is 2.62. The summed E-state index contributed by atoms with van der Waals surface area (Å²) in [5.74, 6) is 0.0376. The normalized spacial score (nSPS) is 12.0. The highest BCUT2D eigenvalue weighted by Gasteiger charge is 2.27. The fraction of sp³-hybridized carbons (Fsp3) is 0.357. The quantitative estimate of drug-likeness (QED) is 0.871. The van der Waals surface area contributed by atoms with E-state index in [1.165, 1.54) is 15.2 Å². The molecule has 0 fully saturated rings. The van der Waals surface area contributed by atoms with Crippen molar-refractivity contribution in [1.29, 1.82) is 0 Å². The first-order chi connectivity index (χ1) is 9.95. The molecule has 2 N–H and O–H groups in total. The Labute approximate surface area is 125 Å². The highest BCUT2D eigenvalue weighted by Crippen LogP contribution is 2.21. The topological polar surface area (TPSA) is 81.2 Å². The zero-order valence-corrected chi connectivity index (χ0v) is 13.0. The van der Waals surface area contributed by atoms with Crippen LogP contribution in [0.15, 0.2) is 41.4 Å². The molecule has 2 rings (SSSR count). The zero-order chi connectivity index (χ0) is 15.5. The lowest BCUT2D eigenvalue weighted by Gasteiger charge is -2.19. The summed E-state index contributed by atoms with van der Waals surface area (Å²) in [7, 11) is -1.96. The lowest BCUT2D eigenvalue weighted by molar-refractivity contribution is 0.431. The van der Waals surface area contributed by atoms with Crippen molar-refractivity contribution < 1.29 is 8.42 Å². The number of hydrogen-bond acceptors (Lipinski definition) is 4. The van der Waals surface area contributed by atoms with Crippen molar-refractivity contribution in [2.75, 3.05) is 18.8 Å². The minimum absolute atomic E-state index is 0.0376. The van der Waals surface area contributed by atoms with Gasteiger partial charge in [-0.2, -0.15) is 9.40 Å². The molecule has 0 bridgehead atoms. The van der Waals surface area contributed by atoms with Crippen molar-refractivity contribution >= 4 is 15.8 Å². The Balaban J connectivity index is 2.18. The van der Waals surface area contributed by atoms with Gasteiger partial charge in [-0.1, -0.05) is 37.3 Å². The molecule has 0 aliphatic rings. The van der Waals surface area contributed by atoms with Gasteiger partial charge in [0.25, 0.3) is 0 Å². The Morgan fingerprint density at radius 1 is 1.29 bits per heavy atom. The second kappa shape index (κ2) is 6.28. The first-order valence-corrected chi connectivity index (χ1v) is 8.22. The molecule has 0 spiro atoms. The summed E-state index contributed by atoms with van der Waals surface area (Å²) in [5.41, 5.74) is 6.79. The maximum atomic E-state index is 12.6. The van der Waals surface area contributed by atoms with E-state index in [1.54, 1.807) is 7.05 Å². The van der Waals surface area contributed by atoms with Gasteiger partial charge in [-0.15, -0.1) is 0 Å². The van der Waals surface area contributed by atoms with Crippen LogP contribution in [0.1, 0.15) is 12.5 Å². The number of hydrogen-bond donors (Lipinski definition) is 1. The maximum absolute atomic E-state index is 12.6. The molecule has 1 aromatic heterocycles. The van der Waals surface area contributed by atoms with Gasteiger partial charge in [0.1, 0.15) is 4.90 Å². The van der Waals surface area contributed by atoms with Crippen molar-refractivity contribution in [2.24, 2.45) is 7.05 Å². The molecule has 0 aliphatic carbocycles. The van der Waals surface area contributed by atoms with Gasteiger partial charge in [-0.05, 0) is 12.0 Å². The summed E-state index contributed by atoms with van der Waals surface area (Å²) in [4.78, 5) is 0.0694. The van der Waals surface area contributed by atoms with Crippen LogP contribution in [0.2, 0.25) is 0 Å². The average molecular weight is 308 g/mol. The lowest BCUT2D eigenvalue weighted by atomic mass is 10.1. The maximum Gasteiger partial charge on any atom is 0.248 e. The van der Waals surface area contributed by atoms with Crippen molar-refractivity contribution in [2.45, 2.75) is 18.2 Å². The number of anilines is 1. The summed E-state index contributed by atoms with van der Waals surface area (Å²) >= 11 is 0. The number of nitrogens with two attached hydrogens (primary N) is 1. The van der Waals surface area contributed by atoms with Crippen LogP contribution in [0, 0.1) is 0 Å². The molecule has 0 radical (unpaired) electrons. The molecule has 6 nitrogen and oxygen atoms in total. The van der Waals surface area contributed by atoms with E-state index in [1.807, 2.05) is 37.3 Å². The number of aromatic nitrogens is 2. The monoisotopic (exact) mass is 308 g/mol. The Morgan fingerprint density at radius 3 is 2.48 bits per heavy atom. The van der Waals surface area contributed by atoms with Crippen LogP contribution in [-0.4, -0.2) is 35.6 Å². The first-order valence-electron chi connectivity index (χ1n) is 6.78. The number of likely N-dealkylation sites (N-methyl/N-ethyl adjacent to an activating group) is 1. The predicted molar refractivity (Wildman–Crippen MR) is 82.2 cm³/mol. The largest absolute Gasteiger partial charge is 0.381 e. The molecule has 2 aromatic rings. The minimum Gasteiger partial charge on any atom is -0.381 e. The smallest absolute Gasteiger partial charge is 0.248 e. The molecule has 0 aliphatic heterocycles. The lowest BCUT2D eigenvalue weighted by Crippen LogP contribution is -2.33. The van der Waals surface area contributed by atoms with E-state index in [2.05, 4.69) is 5.10 Å². The molecule has 0 saturated heterocycles. The fourth-order valence-corrected chi connectivity index (χ4v) is 3.71. The summed E-state index contributed by atoms with van der Waals surface area (Å²) in [5, 5.41) is 3.90. The van der Waals surface area contributed by atoms with Gasteiger partial charge in [0, 0.05) is 26.3 Å². The van der Waals surface area contributed by atoms with Gasteiger partial charge >= 0.3 is 0 Å². The number of nitrogens with zero attached hydrogens (tertiary/aromatic N) is 3. The van der Waals surface area contributed by atoms with Gasteiger partial charge in [-0.25, -0.2) is 8.42 Å². The van der Waals surface area contributed by atoms with Crippen LogP contribution in [0.4, 0.5) is 5.82 Å². The van der Waals surface area contributed by atoms with Gasteiger partial charge in [0.05, 0.1) is 0 Å². The van der Waals surface area contributed by atoms with Crippen molar-refractivity contribution in [1.82, 2.24) is 14.1 Å². The SMILES string of the molecule is CCN(CCc1ccccc1)S(=O)(=O)c1cn(C)nc1N. The van der Waals surface area contributed by atoms with E-state index in [0.29, 0.717) is 19.5 Å². The third kappa shape index (κ3) is 3.43. The van der Waals surface area contributed by atoms with Crippen LogP contribution in [0.3, 0.4) is 0 Å². The van der Waals surface area contributed by atoms with Crippen LogP contribution in [-0.2, 0) is 23.5 Å². The highest BCUT2D eigenvalue weighted by atomic mass is 32.2. The van der Waals surface area contributed by atoms with Gasteiger partial charge in [0.15, 0.2) is 5.82 Å². The van der Waals surface area contributed by atoms with Crippen molar-refractivity contribution in [3.63, 3.8) is 0 Å². The molecular formula is C14H20N4O2S. The number of benzene rings is 1. The standard InChI is InChI=1S/C14H20N4O2S/c1-3-18(10-9-12-7-5-4-6-8-12)21(19,20)13-11-17(2)16-14(13)15/h4-8,11H,3,9-10H2,1-2H3,(H2,15,16). The predicted octanol–water partition coefficient (Wildman–Crippen LogP) is 1.26. The molecular weight excluding hydrogens is 288 g/mol. The number of aryl methyl sites for hydroxylation is 1. The van der Waals surface area contributed by atoms with Crippen LogP contribution in [0.25, 0.3) is 0 Å². The molecule has 0 saturated carbocycles. The second-order valence-electron chi connectivity index (χ2n) is 4.78. The van der Waals surface area contributed by atoms with Crippen molar-refractivity contribution in [3.8, 4) is 0 Å². The van der Waals surface area contributed by atoms with E-state index in [4.69, 9.17) is 5.73 Å². The first kappa shape index (κ1) is 15.5.